The zero-order chi connectivity index (χ0) is 14.4. The van der Waals surface area contributed by atoms with Gasteiger partial charge in [-0.1, -0.05) is 57.0 Å². The van der Waals surface area contributed by atoms with Gasteiger partial charge in [-0.05, 0) is 35.7 Å². The molecule has 0 saturated heterocycles. The molecule has 2 heteroatoms. The smallest absolute Gasteiger partial charge is 0.127 e. The maximum atomic E-state index is 10.4. The van der Waals surface area contributed by atoms with Gasteiger partial charge in [0.05, 0.1) is 6.10 Å². The van der Waals surface area contributed by atoms with E-state index < -0.39 is 6.10 Å². The van der Waals surface area contributed by atoms with Gasteiger partial charge < -0.3 is 9.84 Å². The van der Waals surface area contributed by atoms with Crippen LogP contribution in [0.15, 0.2) is 54.6 Å². The van der Waals surface area contributed by atoms with E-state index in [0.29, 0.717) is 5.92 Å². The van der Waals surface area contributed by atoms with Crippen molar-refractivity contribution < 1.29 is 9.84 Å². The summed E-state index contributed by atoms with van der Waals surface area (Å²) in [6.45, 7) is 4.23. The quantitative estimate of drug-likeness (QED) is 0.804. The first-order valence-corrected chi connectivity index (χ1v) is 7.25. The molecule has 1 unspecified atom stereocenters. The zero-order valence-electron chi connectivity index (χ0n) is 12.1. The molecule has 2 aromatic carbocycles. The van der Waals surface area contributed by atoms with E-state index in [1.165, 1.54) is 0 Å². The highest BCUT2D eigenvalue weighted by atomic mass is 16.5. The number of ether oxygens (including phenoxy) is 1. The Morgan fingerprint density at radius 1 is 0.900 bits per heavy atom. The van der Waals surface area contributed by atoms with Gasteiger partial charge in [0.25, 0.3) is 0 Å². The van der Waals surface area contributed by atoms with E-state index in [1.54, 1.807) is 0 Å². The molecule has 0 amide bonds. The number of para-hydroxylation sites is 1. The Morgan fingerprint density at radius 3 is 2.20 bits per heavy atom. The molecule has 1 N–H and O–H groups in total. The van der Waals surface area contributed by atoms with E-state index in [9.17, 15) is 5.11 Å². The number of benzene rings is 2. The lowest BCUT2D eigenvalue weighted by Crippen LogP contribution is -2.10. The summed E-state index contributed by atoms with van der Waals surface area (Å²) in [6, 6.07) is 17.4. The van der Waals surface area contributed by atoms with Crippen LogP contribution < -0.4 is 4.74 Å². The molecule has 0 aliphatic carbocycles. The SMILES string of the molecule is CCC(CC)C(O)c1cccc(Oc2ccccc2)c1. The number of aliphatic hydroxyl groups excluding tert-OH is 1. The first-order valence-electron chi connectivity index (χ1n) is 7.25. The van der Waals surface area contributed by atoms with Crippen LogP contribution in [0.4, 0.5) is 0 Å². The van der Waals surface area contributed by atoms with Crippen LogP contribution in [0.5, 0.6) is 11.5 Å². The average Bonchev–Trinajstić information content (AvgIpc) is 2.49. The summed E-state index contributed by atoms with van der Waals surface area (Å²) in [5.74, 6) is 1.86. The topological polar surface area (TPSA) is 29.5 Å². The molecule has 1 atom stereocenters. The Hall–Kier alpha value is -1.80. The monoisotopic (exact) mass is 270 g/mol. The summed E-state index contributed by atoms with van der Waals surface area (Å²) in [4.78, 5) is 0. The molecule has 106 valence electrons. The number of rotatable bonds is 6. The van der Waals surface area contributed by atoms with Gasteiger partial charge in [0, 0.05) is 0 Å². The molecule has 0 bridgehead atoms. The fourth-order valence-electron chi connectivity index (χ4n) is 2.39. The zero-order valence-corrected chi connectivity index (χ0v) is 12.1. The van der Waals surface area contributed by atoms with Gasteiger partial charge in [-0.2, -0.15) is 0 Å². The molecule has 0 aliphatic rings. The van der Waals surface area contributed by atoms with Crippen LogP contribution in [0.1, 0.15) is 38.4 Å². The second-order valence-corrected chi connectivity index (χ2v) is 5.01. The highest BCUT2D eigenvalue weighted by Crippen LogP contribution is 2.30. The molecule has 0 aliphatic heterocycles. The maximum absolute atomic E-state index is 10.4. The average molecular weight is 270 g/mol. The van der Waals surface area contributed by atoms with E-state index in [4.69, 9.17) is 4.74 Å². The molecule has 0 spiro atoms. The Labute approximate surface area is 121 Å². The van der Waals surface area contributed by atoms with E-state index >= 15 is 0 Å². The van der Waals surface area contributed by atoms with Gasteiger partial charge in [0.1, 0.15) is 11.5 Å². The molecule has 2 rings (SSSR count). The highest BCUT2D eigenvalue weighted by molar-refractivity contribution is 5.34. The minimum Gasteiger partial charge on any atom is -0.457 e. The van der Waals surface area contributed by atoms with Crippen molar-refractivity contribution in [1.82, 2.24) is 0 Å². The van der Waals surface area contributed by atoms with Crippen LogP contribution in [0, 0.1) is 5.92 Å². The molecular formula is C18H22O2. The first-order chi connectivity index (χ1) is 9.74. The summed E-state index contributed by atoms with van der Waals surface area (Å²) in [7, 11) is 0. The van der Waals surface area contributed by atoms with Crippen molar-refractivity contribution in [1.29, 1.82) is 0 Å². The van der Waals surface area contributed by atoms with Crippen LogP contribution in [0.3, 0.4) is 0 Å². The first kappa shape index (κ1) is 14.6. The van der Waals surface area contributed by atoms with Crippen molar-refractivity contribution >= 4 is 0 Å². The number of hydrogen-bond acceptors (Lipinski definition) is 2. The van der Waals surface area contributed by atoms with Gasteiger partial charge >= 0.3 is 0 Å². The van der Waals surface area contributed by atoms with Gasteiger partial charge in [0.2, 0.25) is 0 Å². The predicted molar refractivity (Wildman–Crippen MR) is 82.0 cm³/mol. The minimum atomic E-state index is -0.427. The van der Waals surface area contributed by atoms with E-state index in [0.717, 1.165) is 29.9 Å². The second kappa shape index (κ2) is 7.11. The molecule has 0 aromatic heterocycles. The summed E-state index contributed by atoms with van der Waals surface area (Å²) < 4.78 is 5.81. The van der Waals surface area contributed by atoms with Crippen LogP contribution in [-0.2, 0) is 0 Å². The van der Waals surface area contributed by atoms with Crippen molar-refractivity contribution in [2.75, 3.05) is 0 Å². The van der Waals surface area contributed by atoms with Crippen LogP contribution in [-0.4, -0.2) is 5.11 Å². The molecule has 2 nitrogen and oxygen atoms in total. The van der Waals surface area contributed by atoms with Gasteiger partial charge in [0.15, 0.2) is 0 Å². The largest absolute Gasteiger partial charge is 0.457 e. The minimum absolute atomic E-state index is 0.293. The van der Waals surface area contributed by atoms with E-state index in [-0.39, 0.29) is 0 Å². The van der Waals surface area contributed by atoms with Crippen LogP contribution in [0.25, 0.3) is 0 Å². The predicted octanol–water partition coefficient (Wildman–Crippen LogP) is 4.95. The Bertz CT molecular complexity index is 518. The fourth-order valence-corrected chi connectivity index (χ4v) is 2.39. The van der Waals surface area contributed by atoms with Crippen molar-refractivity contribution in [3.8, 4) is 11.5 Å². The molecule has 2 aromatic rings. The Kier molecular flexibility index (Phi) is 5.19. The standard InChI is InChI=1S/C18H22O2/c1-3-14(4-2)18(19)15-9-8-12-17(13-15)20-16-10-6-5-7-11-16/h5-14,18-19H,3-4H2,1-2H3. The van der Waals surface area contributed by atoms with E-state index in [1.807, 2.05) is 54.6 Å². The lowest BCUT2D eigenvalue weighted by atomic mass is 9.91. The number of hydrogen-bond donors (Lipinski definition) is 1. The molecular weight excluding hydrogens is 248 g/mol. The summed E-state index contributed by atoms with van der Waals surface area (Å²) >= 11 is 0. The molecule has 0 fully saturated rings. The third-order valence-corrected chi connectivity index (χ3v) is 3.67. The molecule has 0 heterocycles. The number of aliphatic hydroxyl groups is 1. The maximum Gasteiger partial charge on any atom is 0.127 e. The lowest BCUT2D eigenvalue weighted by Gasteiger charge is -2.20. The van der Waals surface area contributed by atoms with Crippen molar-refractivity contribution in [2.24, 2.45) is 5.92 Å². The van der Waals surface area contributed by atoms with Crippen molar-refractivity contribution in [3.63, 3.8) is 0 Å². The van der Waals surface area contributed by atoms with Crippen LogP contribution >= 0.6 is 0 Å². The Morgan fingerprint density at radius 2 is 1.55 bits per heavy atom. The van der Waals surface area contributed by atoms with Gasteiger partial charge in [-0.25, -0.2) is 0 Å². The second-order valence-electron chi connectivity index (χ2n) is 5.01. The summed E-state index contributed by atoms with van der Waals surface area (Å²) in [5.41, 5.74) is 0.923. The third-order valence-electron chi connectivity index (χ3n) is 3.67. The van der Waals surface area contributed by atoms with E-state index in [2.05, 4.69) is 13.8 Å². The highest BCUT2D eigenvalue weighted by Gasteiger charge is 2.17. The van der Waals surface area contributed by atoms with Gasteiger partial charge in [-0.3, -0.25) is 0 Å². The van der Waals surface area contributed by atoms with Gasteiger partial charge in [-0.15, -0.1) is 0 Å². The normalized spacial score (nSPS) is 12.4. The molecule has 0 saturated carbocycles. The van der Waals surface area contributed by atoms with Crippen LogP contribution in [0.2, 0.25) is 0 Å². The van der Waals surface area contributed by atoms with Crippen molar-refractivity contribution in [3.05, 3.63) is 60.2 Å². The van der Waals surface area contributed by atoms with Crippen molar-refractivity contribution in [2.45, 2.75) is 32.8 Å². The fraction of sp³-hybridized carbons (Fsp3) is 0.333. The summed E-state index contributed by atoms with van der Waals surface area (Å²) in [5, 5.41) is 10.4. The third kappa shape index (κ3) is 3.61. The molecule has 20 heavy (non-hydrogen) atoms. The lowest BCUT2D eigenvalue weighted by molar-refractivity contribution is 0.103. The Balaban J connectivity index is 2.15. The summed E-state index contributed by atoms with van der Waals surface area (Å²) in [6.07, 6.45) is 1.52. The molecule has 0 radical (unpaired) electrons.